The summed E-state index contributed by atoms with van der Waals surface area (Å²) >= 11 is 0. The second-order valence-electron chi connectivity index (χ2n) is 4.25. The molecule has 0 aliphatic carbocycles. The Hall–Kier alpha value is -1.27. The minimum atomic E-state index is -3.52. The molecule has 0 amide bonds. The summed E-state index contributed by atoms with van der Waals surface area (Å²) in [5.74, 6) is 0.990. The normalized spacial score (nSPS) is 11.6. The van der Waals surface area contributed by atoms with Gasteiger partial charge in [-0.15, -0.1) is 0 Å². The maximum atomic E-state index is 12.1. The number of hydrogen-bond donors (Lipinski definition) is 1. The SMILES string of the molecule is CCOc1ccc(S(=O)(=O)NC(C)C)cc1OCC. The van der Waals surface area contributed by atoms with Crippen LogP contribution in [0.25, 0.3) is 0 Å². The van der Waals surface area contributed by atoms with Crippen LogP contribution in [0.15, 0.2) is 23.1 Å². The summed E-state index contributed by atoms with van der Waals surface area (Å²) in [4.78, 5) is 0.174. The third-order valence-corrected chi connectivity index (χ3v) is 3.87. The van der Waals surface area contributed by atoms with Gasteiger partial charge < -0.3 is 9.47 Å². The Morgan fingerprint density at radius 1 is 1.11 bits per heavy atom. The first kappa shape index (κ1) is 15.8. The Balaban J connectivity index is 3.14. The summed E-state index contributed by atoms with van der Waals surface area (Å²) in [5, 5.41) is 0. The molecule has 108 valence electrons. The fraction of sp³-hybridized carbons (Fsp3) is 0.538. The van der Waals surface area contributed by atoms with E-state index in [0.717, 1.165) is 0 Å². The van der Waals surface area contributed by atoms with Gasteiger partial charge in [0.1, 0.15) is 0 Å². The molecule has 0 saturated heterocycles. The predicted octanol–water partition coefficient (Wildman–Crippen LogP) is 2.17. The fourth-order valence-electron chi connectivity index (χ4n) is 1.58. The van der Waals surface area contributed by atoms with Crippen LogP contribution in [0.2, 0.25) is 0 Å². The van der Waals surface area contributed by atoms with E-state index in [1.165, 1.54) is 12.1 Å². The molecular formula is C13H21NO4S. The Morgan fingerprint density at radius 2 is 1.68 bits per heavy atom. The van der Waals surface area contributed by atoms with E-state index in [4.69, 9.17) is 9.47 Å². The molecule has 0 atom stereocenters. The van der Waals surface area contributed by atoms with Crippen LogP contribution in [-0.4, -0.2) is 27.7 Å². The molecule has 1 N–H and O–H groups in total. The summed E-state index contributed by atoms with van der Waals surface area (Å²) in [5.41, 5.74) is 0. The van der Waals surface area contributed by atoms with Crippen molar-refractivity contribution >= 4 is 10.0 Å². The first-order valence-electron chi connectivity index (χ1n) is 6.32. The maximum Gasteiger partial charge on any atom is 0.240 e. The van der Waals surface area contributed by atoms with E-state index in [1.54, 1.807) is 19.9 Å². The van der Waals surface area contributed by atoms with Crippen molar-refractivity contribution in [3.05, 3.63) is 18.2 Å². The molecule has 0 bridgehead atoms. The highest BCUT2D eigenvalue weighted by molar-refractivity contribution is 7.89. The third-order valence-electron chi connectivity index (χ3n) is 2.22. The third kappa shape index (κ3) is 4.40. The largest absolute Gasteiger partial charge is 0.490 e. The maximum absolute atomic E-state index is 12.1. The Kier molecular flexibility index (Phi) is 5.62. The number of rotatable bonds is 7. The fourth-order valence-corrected chi connectivity index (χ4v) is 2.84. The van der Waals surface area contributed by atoms with Gasteiger partial charge in [-0.2, -0.15) is 0 Å². The lowest BCUT2D eigenvalue weighted by Gasteiger charge is -2.14. The molecule has 0 aliphatic rings. The topological polar surface area (TPSA) is 64.6 Å². The molecule has 0 heterocycles. The standard InChI is InChI=1S/C13H21NO4S/c1-5-17-12-8-7-11(9-13(12)18-6-2)19(15,16)14-10(3)4/h7-10,14H,5-6H2,1-4H3. The monoisotopic (exact) mass is 287 g/mol. The number of hydrogen-bond acceptors (Lipinski definition) is 4. The lowest BCUT2D eigenvalue weighted by atomic mass is 10.3. The first-order valence-corrected chi connectivity index (χ1v) is 7.81. The number of sulfonamides is 1. The van der Waals surface area contributed by atoms with Crippen molar-refractivity contribution in [2.24, 2.45) is 0 Å². The van der Waals surface area contributed by atoms with Gasteiger partial charge in [-0.3, -0.25) is 0 Å². The molecule has 0 spiro atoms. The van der Waals surface area contributed by atoms with Crippen molar-refractivity contribution < 1.29 is 17.9 Å². The first-order chi connectivity index (χ1) is 8.90. The second kappa shape index (κ2) is 6.77. The van der Waals surface area contributed by atoms with E-state index in [9.17, 15) is 8.42 Å². The van der Waals surface area contributed by atoms with E-state index >= 15 is 0 Å². The van der Waals surface area contributed by atoms with E-state index in [0.29, 0.717) is 24.7 Å². The molecule has 0 fully saturated rings. The van der Waals surface area contributed by atoms with Crippen molar-refractivity contribution in [2.75, 3.05) is 13.2 Å². The van der Waals surface area contributed by atoms with Crippen LogP contribution in [0.1, 0.15) is 27.7 Å². The van der Waals surface area contributed by atoms with Gasteiger partial charge in [0.2, 0.25) is 10.0 Å². The molecule has 0 radical (unpaired) electrons. The zero-order valence-corrected chi connectivity index (χ0v) is 12.6. The van der Waals surface area contributed by atoms with Gasteiger partial charge in [-0.1, -0.05) is 0 Å². The summed E-state index contributed by atoms with van der Waals surface area (Å²) in [6, 6.07) is 4.45. The Labute approximate surface area is 115 Å². The lowest BCUT2D eigenvalue weighted by Crippen LogP contribution is -2.30. The molecule has 6 heteroatoms. The highest BCUT2D eigenvalue weighted by Crippen LogP contribution is 2.30. The van der Waals surface area contributed by atoms with Gasteiger partial charge >= 0.3 is 0 Å². The van der Waals surface area contributed by atoms with Crippen molar-refractivity contribution in [2.45, 2.75) is 38.6 Å². The minimum absolute atomic E-state index is 0.160. The highest BCUT2D eigenvalue weighted by Gasteiger charge is 2.18. The molecule has 1 aromatic rings. The van der Waals surface area contributed by atoms with E-state index in [2.05, 4.69) is 4.72 Å². The number of benzene rings is 1. The number of ether oxygens (including phenoxy) is 2. The van der Waals surface area contributed by atoms with Crippen LogP contribution in [-0.2, 0) is 10.0 Å². The van der Waals surface area contributed by atoms with Gasteiger partial charge in [-0.25, -0.2) is 13.1 Å². The van der Waals surface area contributed by atoms with Crippen molar-refractivity contribution in [1.29, 1.82) is 0 Å². The molecule has 19 heavy (non-hydrogen) atoms. The summed E-state index contributed by atoms with van der Waals surface area (Å²) < 4.78 is 37.5. The van der Waals surface area contributed by atoms with Crippen molar-refractivity contribution in [1.82, 2.24) is 4.72 Å². The zero-order valence-electron chi connectivity index (χ0n) is 11.8. The van der Waals surface area contributed by atoms with Crippen LogP contribution in [0, 0.1) is 0 Å². The quantitative estimate of drug-likeness (QED) is 0.834. The average molecular weight is 287 g/mol. The van der Waals surface area contributed by atoms with E-state index in [1.807, 2.05) is 13.8 Å². The number of nitrogens with one attached hydrogen (secondary N) is 1. The van der Waals surface area contributed by atoms with Gasteiger partial charge in [-0.05, 0) is 39.8 Å². The Morgan fingerprint density at radius 3 is 2.21 bits per heavy atom. The summed E-state index contributed by atoms with van der Waals surface area (Å²) in [6.07, 6.45) is 0. The summed E-state index contributed by atoms with van der Waals surface area (Å²) in [7, 11) is -3.52. The van der Waals surface area contributed by atoms with Crippen LogP contribution < -0.4 is 14.2 Å². The second-order valence-corrected chi connectivity index (χ2v) is 5.96. The van der Waals surface area contributed by atoms with Gasteiger partial charge in [0.05, 0.1) is 18.1 Å². The van der Waals surface area contributed by atoms with Gasteiger partial charge in [0.15, 0.2) is 11.5 Å². The molecule has 5 nitrogen and oxygen atoms in total. The van der Waals surface area contributed by atoms with E-state index < -0.39 is 10.0 Å². The minimum Gasteiger partial charge on any atom is -0.490 e. The highest BCUT2D eigenvalue weighted by atomic mass is 32.2. The van der Waals surface area contributed by atoms with E-state index in [-0.39, 0.29) is 10.9 Å². The van der Waals surface area contributed by atoms with Crippen LogP contribution in [0.5, 0.6) is 11.5 Å². The smallest absolute Gasteiger partial charge is 0.240 e. The molecule has 0 aromatic heterocycles. The van der Waals surface area contributed by atoms with Crippen LogP contribution in [0.4, 0.5) is 0 Å². The van der Waals surface area contributed by atoms with Crippen LogP contribution >= 0.6 is 0 Å². The molecule has 1 aromatic carbocycles. The summed E-state index contributed by atoms with van der Waals surface area (Å²) in [6.45, 7) is 8.19. The average Bonchev–Trinajstić information content (AvgIpc) is 2.30. The molecule has 0 saturated carbocycles. The van der Waals surface area contributed by atoms with Crippen molar-refractivity contribution in [3.8, 4) is 11.5 Å². The lowest BCUT2D eigenvalue weighted by molar-refractivity contribution is 0.287. The molecule has 0 aliphatic heterocycles. The zero-order chi connectivity index (χ0) is 14.5. The van der Waals surface area contributed by atoms with Gasteiger partial charge in [0, 0.05) is 12.1 Å². The molecular weight excluding hydrogens is 266 g/mol. The Bertz CT molecular complexity index is 511. The molecule has 1 rings (SSSR count). The van der Waals surface area contributed by atoms with Crippen LogP contribution in [0.3, 0.4) is 0 Å². The van der Waals surface area contributed by atoms with Gasteiger partial charge in [0.25, 0.3) is 0 Å². The molecule has 0 unspecified atom stereocenters. The predicted molar refractivity (Wildman–Crippen MR) is 74.2 cm³/mol. The van der Waals surface area contributed by atoms with Crippen molar-refractivity contribution in [3.63, 3.8) is 0 Å².